The Morgan fingerprint density at radius 2 is 1.94 bits per heavy atom. The smallest absolute Gasteiger partial charge is 0.261 e. The van der Waals surface area contributed by atoms with Gasteiger partial charge >= 0.3 is 0 Å². The van der Waals surface area contributed by atoms with Crippen LogP contribution >= 0.6 is 0 Å². The number of hydrazine groups is 1. The lowest BCUT2D eigenvalue weighted by atomic mass is 9.91. The summed E-state index contributed by atoms with van der Waals surface area (Å²) >= 11 is 0. The van der Waals surface area contributed by atoms with Crippen molar-refractivity contribution in [2.24, 2.45) is 11.8 Å². The van der Waals surface area contributed by atoms with Gasteiger partial charge in [0.25, 0.3) is 6.43 Å². The van der Waals surface area contributed by atoms with E-state index >= 15 is 0 Å². The second-order valence-electron chi connectivity index (χ2n) is 4.77. The van der Waals surface area contributed by atoms with Gasteiger partial charge in [0.15, 0.2) is 0 Å². The van der Waals surface area contributed by atoms with E-state index in [1.54, 1.807) is 0 Å². The molecule has 0 aromatic rings. The van der Waals surface area contributed by atoms with Crippen LogP contribution < -0.4 is 11.3 Å². The molecule has 2 unspecified atom stereocenters. The number of hydrogen-bond acceptors (Lipinski definition) is 3. The van der Waals surface area contributed by atoms with Gasteiger partial charge < -0.3 is 4.74 Å². The summed E-state index contributed by atoms with van der Waals surface area (Å²) < 4.78 is 28.6. The van der Waals surface area contributed by atoms with Gasteiger partial charge in [0, 0.05) is 12.6 Å². The summed E-state index contributed by atoms with van der Waals surface area (Å²) in [5, 5.41) is 0. The van der Waals surface area contributed by atoms with Crippen molar-refractivity contribution in [3.63, 3.8) is 0 Å². The molecule has 0 rings (SSSR count). The van der Waals surface area contributed by atoms with E-state index in [9.17, 15) is 8.78 Å². The first-order valence-corrected chi connectivity index (χ1v) is 6.95. The zero-order chi connectivity index (χ0) is 13.8. The Bertz CT molecular complexity index is 182. The predicted octanol–water partition coefficient (Wildman–Crippen LogP) is 3.10. The van der Waals surface area contributed by atoms with E-state index in [-0.39, 0.29) is 6.04 Å². The Kier molecular flexibility index (Phi) is 11.6. The number of halogens is 2. The molecule has 0 saturated carbocycles. The number of rotatable bonds is 12. The maximum Gasteiger partial charge on any atom is 0.261 e. The van der Waals surface area contributed by atoms with Gasteiger partial charge in [-0.2, -0.15) is 0 Å². The van der Waals surface area contributed by atoms with E-state index in [1.165, 1.54) is 19.3 Å². The van der Waals surface area contributed by atoms with Gasteiger partial charge in [-0.25, -0.2) is 8.78 Å². The summed E-state index contributed by atoms with van der Waals surface area (Å²) in [7, 11) is 0. The van der Waals surface area contributed by atoms with Gasteiger partial charge in [-0.3, -0.25) is 11.3 Å². The van der Waals surface area contributed by atoms with Crippen molar-refractivity contribution < 1.29 is 13.5 Å². The third-order valence-electron chi connectivity index (χ3n) is 3.25. The fourth-order valence-electron chi connectivity index (χ4n) is 2.05. The van der Waals surface area contributed by atoms with Crippen molar-refractivity contribution in [1.82, 2.24) is 5.43 Å². The first kappa shape index (κ1) is 17.7. The van der Waals surface area contributed by atoms with Gasteiger partial charge in [0.05, 0.1) is 0 Å². The van der Waals surface area contributed by atoms with E-state index in [0.29, 0.717) is 18.9 Å². The second kappa shape index (κ2) is 11.8. The Hall–Kier alpha value is -0.260. The van der Waals surface area contributed by atoms with Crippen LogP contribution in [0.4, 0.5) is 8.78 Å². The predicted molar refractivity (Wildman–Crippen MR) is 70.5 cm³/mol. The Morgan fingerprint density at radius 3 is 2.44 bits per heavy atom. The molecule has 0 aliphatic carbocycles. The molecule has 0 radical (unpaired) electrons. The zero-order valence-electron chi connectivity index (χ0n) is 11.6. The topological polar surface area (TPSA) is 47.3 Å². The molecule has 0 aromatic carbocycles. The van der Waals surface area contributed by atoms with E-state index < -0.39 is 13.0 Å². The molecule has 0 saturated heterocycles. The maximum absolute atomic E-state index is 11.9. The lowest BCUT2D eigenvalue weighted by molar-refractivity contribution is 0.0137. The Labute approximate surface area is 109 Å². The molecule has 5 heteroatoms. The van der Waals surface area contributed by atoms with Crippen molar-refractivity contribution in [2.45, 2.75) is 64.8 Å². The van der Waals surface area contributed by atoms with Crippen molar-refractivity contribution >= 4 is 0 Å². The first-order valence-electron chi connectivity index (χ1n) is 6.95. The first-order chi connectivity index (χ1) is 8.63. The van der Waals surface area contributed by atoms with Crippen molar-refractivity contribution in [3.8, 4) is 0 Å². The monoisotopic (exact) mass is 266 g/mol. The largest absolute Gasteiger partial charge is 0.375 e. The zero-order valence-corrected chi connectivity index (χ0v) is 11.6. The molecule has 3 N–H and O–H groups in total. The lowest BCUT2D eigenvalue weighted by Gasteiger charge is -2.22. The molecule has 0 fully saturated rings. The van der Waals surface area contributed by atoms with E-state index in [1.807, 2.05) is 0 Å². The SMILES string of the molecule is CCCCC(CC)CC(CCOCC(F)F)NN. The lowest BCUT2D eigenvalue weighted by Crippen LogP contribution is -2.37. The molecule has 0 aliphatic heterocycles. The summed E-state index contributed by atoms with van der Waals surface area (Å²) in [5.74, 6) is 6.15. The van der Waals surface area contributed by atoms with Crippen LogP contribution in [0.3, 0.4) is 0 Å². The second-order valence-corrected chi connectivity index (χ2v) is 4.77. The molecule has 110 valence electrons. The summed E-state index contributed by atoms with van der Waals surface area (Å²) in [6, 6.07) is 0.157. The highest BCUT2D eigenvalue weighted by atomic mass is 19.3. The molecule has 2 atom stereocenters. The molecule has 0 heterocycles. The highest BCUT2D eigenvalue weighted by Crippen LogP contribution is 2.19. The number of nitrogens with two attached hydrogens (primary N) is 1. The quantitative estimate of drug-likeness (QED) is 0.324. The average Bonchev–Trinajstić information content (AvgIpc) is 2.36. The summed E-state index contributed by atoms with van der Waals surface area (Å²) in [4.78, 5) is 0. The van der Waals surface area contributed by atoms with Crippen LogP contribution in [0.15, 0.2) is 0 Å². The molecule has 0 amide bonds. The van der Waals surface area contributed by atoms with Crippen LogP contribution in [0.2, 0.25) is 0 Å². The van der Waals surface area contributed by atoms with Crippen LogP contribution in [0.5, 0.6) is 0 Å². The van der Waals surface area contributed by atoms with Crippen LogP contribution in [-0.4, -0.2) is 25.7 Å². The van der Waals surface area contributed by atoms with E-state index in [2.05, 4.69) is 19.3 Å². The number of alkyl halides is 2. The molecular weight excluding hydrogens is 238 g/mol. The summed E-state index contributed by atoms with van der Waals surface area (Å²) in [6.45, 7) is 4.22. The van der Waals surface area contributed by atoms with Gasteiger partial charge in [-0.1, -0.05) is 39.5 Å². The molecule has 0 bridgehead atoms. The number of hydrogen-bond donors (Lipinski definition) is 2. The van der Waals surface area contributed by atoms with Crippen molar-refractivity contribution in [1.29, 1.82) is 0 Å². The average molecular weight is 266 g/mol. The highest BCUT2D eigenvalue weighted by Gasteiger charge is 2.14. The van der Waals surface area contributed by atoms with Crippen LogP contribution in [0.25, 0.3) is 0 Å². The van der Waals surface area contributed by atoms with Crippen LogP contribution in [-0.2, 0) is 4.74 Å². The van der Waals surface area contributed by atoms with Crippen LogP contribution in [0.1, 0.15) is 52.4 Å². The van der Waals surface area contributed by atoms with Gasteiger partial charge in [-0.05, 0) is 18.8 Å². The molecular formula is C13H28F2N2O. The standard InChI is InChI=1S/C13H28F2N2O/c1-3-5-6-11(4-2)9-12(17-16)7-8-18-10-13(14)15/h11-13,17H,3-10,16H2,1-2H3. The van der Waals surface area contributed by atoms with E-state index in [4.69, 9.17) is 10.6 Å². The fourth-order valence-corrected chi connectivity index (χ4v) is 2.05. The van der Waals surface area contributed by atoms with Gasteiger partial charge in [0.2, 0.25) is 0 Å². The van der Waals surface area contributed by atoms with Gasteiger partial charge in [-0.15, -0.1) is 0 Å². The fraction of sp³-hybridized carbons (Fsp3) is 1.00. The third-order valence-corrected chi connectivity index (χ3v) is 3.25. The molecule has 3 nitrogen and oxygen atoms in total. The number of nitrogens with one attached hydrogen (secondary N) is 1. The summed E-state index contributed by atoms with van der Waals surface area (Å²) in [5.41, 5.74) is 2.76. The number of unbranched alkanes of at least 4 members (excludes halogenated alkanes) is 1. The normalized spacial score (nSPS) is 15.0. The van der Waals surface area contributed by atoms with Crippen molar-refractivity contribution in [3.05, 3.63) is 0 Å². The third kappa shape index (κ3) is 9.74. The minimum absolute atomic E-state index is 0.157. The summed E-state index contributed by atoms with van der Waals surface area (Å²) in [6.07, 6.45) is 4.07. The Balaban J connectivity index is 3.78. The highest BCUT2D eigenvalue weighted by molar-refractivity contribution is 4.69. The number of ether oxygens (including phenoxy) is 1. The minimum Gasteiger partial charge on any atom is -0.375 e. The minimum atomic E-state index is -2.39. The molecule has 0 spiro atoms. The van der Waals surface area contributed by atoms with Gasteiger partial charge in [0.1, 0.15) is 6.61 Å². The maximum atomic E-state index is 11.9. The van der Waals surface area contributed by atoms with Crippen molar-refractivity contribution in [2.75, 3.05) is 13.2 Å². The molecule has 0 aromatic heterocycles. The molecule has 18 heavy (non-hydrogen) atoms. The Morgan fingerprint density at radius 1 is 1.22 bits per heavy atom. The molecule has 0 aliphatic rings. The van der Waals surface area contributed by atoms with Crippen LogP contribution in [0, 0.1) is 5.92 Å². The van der Waals surface area contributed by atoms with E-state index in [0.717, 1.165) is 12.8 Å².